The summed E-state index contributed by atoms with van der Waals surface area (Å²) in [4.78, 5) is 52.5. The van der Waals surface area contributed by atoms with E-state index in [4.69, 9.17) is 10.5 Å². The van der Waals surface area contributed by atoms with Gasteiger partial charge in [0, 0.05) is 30.3 Å². The fraction of sp³-hybridized carbons (Fsp3) is 0.286. The average molecular weight is 441 g/mol. The number of carbonyl (C=O) groups excluding carboxylic acids is 3. The minimum atomic E-state index is -1.98. The van der Waals surface area contributed by atoms with Crippen LogP contribution < -0.4 is 21.3 Å². The summed E-state index contributed by atoms with van der Waals surface area (Å²) >= 11 is 0. The predicted molar refractivity (Wildman–Crippen MR) is 114 cm³/mol. The highest BCUT2D eigenvalue weighted by atomic mass is 16.5. The molecular weight excluding hydrogens is 418 g/mol. The molecule has 2 aromatic rings. The number of ether oxygens (including phenoxy) is 1. The topological polar surface area (TPSA) is 167 Å². The molecule has 0 saturated carbocycles. The first kappa shape index (κ1) is 22.5. The summed E-state index contributed by atoms with van der Waals surface area (Å²) in [5.74, 6) is -0.911. The third-order valence-corrected chi connectivity index (χ3v) is 5.48. The maximum Gasteiger partial charge on any atom is 0.254 e. The van der Waals surface area contributed by atoms with Crippen molar-refractivity contribution in [3.63, 3.8) is 0 Å². The second kappa shape index (κ2) is 8.92. The van der Waals surface area contributed by atoms with Gasteiger partial charge < -0.3 is 30.9 Å². The number of oxime groups is 1. The number of aryl methyl sites for hydroxylation is 1. The molecule has 1 aromatic heterocycles. The molecule has 11 nitrogen and oxygen atoms in total. The average Bonchev–Trinajstić information content (AvgIpc) is 3.08. The number of aromatic amines is 1. The summed E-state index contributed by atoms with van der Waals surface area (Å²) < 4.78 is 5.16. The molecule has 0 fully saturated rings. The summed E-state index contributed by atoms with van der Waals surface area (Å²) in [5, 5.41) is 15.3. The van der Waals surface area contributed by atoms with E-state index in [0.717, 1.165) is 0 Å². The highest BCUT2D eigenvalue weighted by Crippen LogP contribution is 2.28. The monoisotopic (exact) mass is 441 g/mol. The predicted octanol–water partition coefficient (Wildman–Crippen LogP) is -0.309. The van der Waals surface area contributed by atoms with Crippen LogP contribution >= 0.6 is 0 Å². The Morgan fingerprint density at radius 3 is 2.75 bits per heavy atom. The number of carbonyl (C=O) groups is 3. The highest BCUT2D eigenvalue weighted by Gasteiger charge is 2.46. The van der Waals surface area contributed by atoms with Crippen LogP contribution in [0.5, 0.6) is 5.75 Å². The standard InChI is InChI=1S/C21H23N5O6/c1-12-5-13(8-23-18(12)28)6-17(25-31)21(20(22)30,24-11-27)10-26-9-14-3-4-15(32-2)7-16(14)19(26)29/h3-5,7-8,11,31H,6,9-10H2,1-2H3,(H2,22,30)(H,23,28)(H,24,27)/b25-17+/t21-/m0/s1. The van der Waals surface area contributed by atoms with E-state index >= 15 is 0 Å². The molecule has 3 rings (SSSR count). The Balaban J connectivity index is 1.97. The molecule has 168 valence electrons. The van der Waals surface area contributed by atoms with E-state index in [1.807, 2.05) is 0 Å². The van der Waals surface area contributed by atoms with Crippen LogP contribution in [0.2, 0.25) is 0 Å². The summed E-state index contributed by atoms with van der Waals surface area (Å²) in [6.07, 6.45) is 1.53. The summed E-state index contributed by atoms with van der Waals surface area (Å²) in [6.45, 7) is 1.39. The zero-order valence-corrected chi connectivity index (χ0v) is 17.5. The van der Waals surface area contributed by atoms with E-state index in [-0.39, 0.29) is 37.2 Å². The van der Waals surface area contributed by atoms with Gasteiger partial charge in [-0.25, -0.2) is 0 Å². The Hall–Kier alpha value is -4.15. The summed E-state index contributed by atoms with van der Waals surface area (Å²) in [5.41, 5.74) is 5.20. The fourth-order valence-corrected chi connectivity index (χ4v) is 3.72. The molecule has 1 aliphatic rings. The third-order valence-electron chi connectivity index (χ3n) is 5.48. The minimum Gasteiger partial charge on any atom is -0.497 e. The largest absolute Gasteiger partial charge is 0.497 e. The lowest BCUT2D eigenvalue weighted by atomic mass is 9.87. The molecule has 0 spiro atoms. The number of methoxy groups -OCH3 is 1. The number of benzene rings is 1. The van der Waals surface area contributed by atoms with Crippen LogP contribution in [0.4, 0.5) is 0 Å². The zero-order chi connectivity index (χ0) is 23.5. The number of hydrogen-bond acceptors (Lipinski definition) is 7. The van der Waals surface area contributed by atoms with E-state index in [1.54, 1.807) is 31.2 Å². The van der Waals surface area contributed by atoms with Gasteiger partial charge in [-0.2, -0.15) is 0 Å². The van der Waals surface area contributed by atoms with Crippen molar-refractivity contribution in [3.8, 4) is 5.75 Å². The Kier molecular flexibility index (Phi) is 6.28. The van der Waals surface area contributed by atoms with Crippen molar-refractivity contribution in [1.82, 2.24) is 15.2 Å². The van der Waals surface area contributed by atoms with Crippen LogP contribution in [0.1, 0.15) is 27.0 Å². The van der Waals surface area contributed by atoms with E-state index in [1.165, 1.54) is 18.2 Å². The SMILES string of the molecule is COc1ccc2c(c1)C(=O)N(C[C@@](NC=O)(C(N)=O)/C(Cc1c[nH]c(=O)c(C)c1)=N/O)C2. The summed E-state index contributed by atoms with van der Waals surface area (Å²) in [7, 11) is 1.48. The minimum absolute atomic E-state index is 0.124. The van der Waals surface area contributed by atoms with Gasteiger partial charge in [0.2, 0.25) is 6.41 Å². The highest BCUT2D eigenvalue weighted by molar-refractivity contribution is 6.15. The number of H-pyrrole nitrogens is 1. The number of nitrogens with two attached hydrogens (primary N) is 1. The van der Waals surface area contributed by atoms with Gasteiger partial charge in [0.15, 0.2) is 5.54 Å². The number of amides is 3. The normalized spacial score (nSPS) is 15.1. The lowest BCUT2D eigenvalue weighted by molar-refractivity contribution is -0.125. The number of primary amides is 1. The Labute approximate surface area is 182 Å². The van der Waals surface area contributed by atoms with Crippen molar-refractivity contribution in [2.24, 2.45) is 10.9 Å². The number of fused-ring (bicyclic) bond motifs is 1. The number of nitrogens with one attached hydrogen (secondary N) is 2. The molecule has 0 saturated heterocycles. The van der Waals surface area contributed by atoms with Gasteiger partial charge in [-0.3, -0.25) is 19.2 Å². The first-order valence-corrected chi connectivity index (χ1v) is 9.62. The number of rotatable bonds is 9. The van der Waals surface area contributed by atoms with Crippen molar-refractivity contribution >= 4 is 23.9 Å². The lowest BCUT2D eigenvalue weighted by Gasteiger charge is -2.34. The molecule has 2 heterocycles. The van der Waals surface area contributed by atoms with Crippen molar-refractivity contribution in [2.45, 2.75) is 25.4 Å². The lowest BCUT2D eigenvalue weighted by Crippen LogP contribution is -2.66. The Bertz CT molecular complexity index is 1160. The Morgan fingerprint density at radius 1 is 1.41 bits per heavy atom. The van der Waals surface area contributed by atoms with Crippen molar-refractivity contribution in [2.75, 3.05) is 13.7 Å². The van der Waals surface area contributed by atoms with Crippen LogP contribution in [0, 0.1) is 6.92 Å². The second-order valence-electron chi connectivity index (χ2n) is 7.46. The number of pyridine rings is 1. The molecule has 1 atom stereocenters. The molecule has 1 aliphatic heterocycles. The van der Waals surface area contributed by atoms with Gasteiger partial charge in [-0.1, -0.05) is 11.2 Å². The van der Waals surface area contributed by atoms with Crippen LogP contribution in [0.15, 0.2) is 40.4 Å². The molecule has 1 aromatic carbocycles. The van der Waals surface area contributed by atoms with Gasteiger partial charge in [0.25, 0.3) is 17.4 Å². The van der Waals surface area contributed by atoms with Gasteiger partial charge >= 0.3 is 0 Å². The number of hydrogen-bond donors (Lipinski definition) is 4. The quantitative estimate of drug-likeness (QED) is 0.180. The van der Waals surface area contributed by atoms with E-state index in [9.17, 15) is 24.4 Å². The third kappa shape index (κ3) is 4.04. The molecule has 0 radical (unpaired) electrons. The molecule has 3 amide bonds. The molecule has 0 aliphatic carbocycles. The van der Waals surface area contributed by atoms with Gasteiger partial charge in [0.05, 0.1) is 19.4 Å². The fourth-order valence-electron chi connectivity index (χ4n) is 3.72. The van der Waals surface area contributed by atoms with Crippen LogP contribution in [-0.2, 0) is 22.6 Å². The number of nitrogens with zero attached hydrogens (tertiary/aromatic N) is 2. The van der Waals surface area contributed by atoms with E-state index < -0.39 is 17.4 Å². The first-order chi connectivity index (χ1) is 15.2. The maximum atomic E-state index is 13.0. The van der Waals surface area contributed by atoms with Gasteiger partial charge in [0.1, 0.15) is 5.75 Å². The second-order valence-corrected chi connectivity index (χ2v) is 7.46. The summed E-state index contributed by atoms with van der Waals surface area (Å²) in [6, 6.07) is 6.58. The molecule has 32 heavy (non-hydrogen) atoms. The molecule has 5 N–H and O–H groups in total. The molecule has 0 bridgehead atoms. The van der Waals surface area contributed by atoms with Crippen molar-refractivity contribution in [1.29, 1.82) is 0 Å². The molecule has 11 heteroatoms. The zero-order valence-electron chi connectivity index (χ0n) is 17.5. The van der Waals surface area contributed by atoms with Crippen molar-refractivity contribution in [3.05, 3.63) is 63.1 Å². The number of aromatic nitrogens is 1. The molecular formula is C21H23N5O6. The first-order valence-electron chi connectivity index (χ1n) is 9.62. The van der Waals surface area contributed by atoms with Crippen LogP contribution in [0.25, 0.3) is 0 Å². The Morgan fingerprint density at radius 2 is 2.16 bits per heavy atom. The van der Waals surface area contributed by atoms with Crippen LogP contribution in [-0.4, -0.2) is 58.2 Å². The molecule has 0 unspecified atom stereocenters. The van der Waals surface area contributed by atoms with E-state index in [0.29, 0.717) is 28.0 Å². The maximum absolute atomic E-state index is 13.0. The van der Waals surface area contributed by atoms with Crippen LogP contribution in [0.3, 0.4) is 0 Å². The van der Waals surface area contributed by atoms with Crippen molar-refractivity contribution < 1.29 is 24.3 Å². The van der Waals surface area contributed by atoms with Gasteiger partial charge in [-0.05, 0) is 36.2 Å². The van der Waals surface area contributed by atoms with Gasteiger partial charge in [-0.15, -0.1) is 0 Å². The smallest absolute Gasteiger partial charge is 0.254 e. The van der Waals surface area contributed by atoms with E-state index in [2.05, 4.69) is 15.5 Å².